The fourth-order valence-corrected chi connectivity index (χ4v) is 10.4. The summed E-state index contributed by atoms with van der Waals surface area (Å²) in [4.78, 5) is 10.9. The zero-order chi connectivity index (χ0) is 50.4. The number of aryl methyl sites for hydroxylation is 1. The van der Waals surface area contributed by atoms with Crippen molar-refractivity contribution in [2.75, 3.05) is 0 Å². The number of hydrogen-bond acceptors (Lipinski definition) is 3. The van der Waals surface area contributed by atoms with Crippen molar-refractivity contribution in [3.63, 3.8) is 0 Å². The Morgan fingerprint density at radius 2 is 1.01 bits per heavy atom. The van der Waals surface area contributed by atoms with Gasteiger partial charge in [0.15, 0.2) is 0 Å². The minimum atomic E-state index is -0.174. The molecule has 0 aliphatic heterocycles. The summed E-state index contributed by atoms with van der Waals surface area (Å²) in [5.41, 5.74) is 19.2. The van der Waals surface area contributed by atoms with E-state index in [-0.39, 0.29) is 27.4 Å². The maximum atomic E-state index is 11.9. The quantitative estimate of drug-likeness (QED) is 0.181. The molecule has 2 heterocycles. The van der Waals surface area contributed by atoms with Gasteiger partial charge in [0, 0.05) is 28.4 Å². The number of benzene rings is 8. The zero-order valence-electron chi connectivity index (χ0n) is 43.9. The zero-order valence-corrected chi connectivity index (χ0v) is 43.9. The number of aromatic nitrogens is 3. The molecule has 0 atom stereocenters. The molecule has 356 valence electrons. The Balaban J connectivity index is 1.28. The molecular weight excluding hydrogens is 863 g/mol. The number of pyridine rings is 1. The number of fused-ring (bicyclic) bond motifs is 3. The van der Waals surface area contributed by atoms with Crippen LogP contribution in [0.15, 0.2) is 164 Å². The highest BCUT2D eigenvalue weighted by Crippen LogP contribution is 2.46. The highest BCUT2D eigenvalue weighted by atomic mass is 16.3. The maximum Gasteiger partial charge on any atom is 0.149 e. The summed E-state index contributed by atoms with van der Waals surface area (Å²) in [7, 11) is 0. The van der Waals surface area contributed by atoms with Crippen LogP contribution in [0.25, 0.3) is 94.3 Å². The Bertz CT molecular complexity index is 3670. The third-order valence-electron chi connectivity index (χ3n) is 14.4. The van der Waals surface area contributed by atoms with Crippen molar-refractivity contribution in [3.05, 3.63) is 192 Å². The second kappa shape index (κ2) is 17.2. The number of imidazole rings is 1. The van der Waals surface area contributed by atoms with Crippen molar-refractivity contribution in [2.24, 2.45) is 0 Å². The van der Waals surface area contributed by atoms with Crippen molar-refractivity contribution in [1.29, 1.82) is 0 Å². The van der Waals surface area contributed by atoms with Crippen LogP contribution in [0, 0.1) is 6.92 Å². The first-order valence-corrected chi connectivity index (χ1v) is 25.2. The van der Waals surface area contributed by atoms with Crippen LogP contribution in [0.1, 0.15) is 111 Å². The fourth-order valence-electron chi connectivity index (χ4n) is 10.4. The summed E-state index contributed by atoms with van der Waals surface area (Å²) < 4.78 is 2.26. The highest BCUT2D eigenvalue weighted by Gasteiger charge is 2.27. The van der Waals surface area contributed by atoms with Gasteiger partial charge in [0.2, 0.25) is 0 Å². The molecule has 2 aromatic heterocycles. The van der Waals surface area contributed by atoms with E-state index in [1.54, 1.807) is 0 Å². The van der Waals surface area contributed by atoms with E-state index < -0.39 is 0 Å². The first-order chi connectivity index (χ1) is 33.5. The van der Waals surface area contributed by atoms with Gasteiger partial charge in [-0.25, -0.2) is 4.98 Å². The Kier molecular flexibility index (Phi) is 11.5. The summed E-state index contributed by atoms with van der Waals surface area (Å²) in [6.07, 6.45) is 1.93. The monoisotopic (exact) mass is 930 g/mol. The van der Waals surface area contributed by atoms with Crippen LogP contribution in [-0.2, 0) is 21.7 Å². The van der Waals surface area contributed by atoms with Crippen LogP contribution < -0.4 is 0 Å². The van der Waals surface area contributed by atoms with Gasteiger partial charge in [-0.05, 0) is 155 Å². The summed E-state index contributed by atoms with van der Waals surface area (Å²) >= 11 is 0. The van der Waals surface area contributed by atoms with Gasteiger partial charge in [0.05, 0.1) is 22.1 Å². The van der Waals surface area contributed by atoms with Gasteiger partial charge in [0.25, 0.3) is 0 Å². The van der Waals surface area contributed by atoms with Crippen LogP contribution in [-0.4, -0.2) is 19.6 Å². The topological polar surface area (TPSA) is 50.9 Å². The average molecular weight is 930 g/mol. The predicted octanol–water partition coefficient (Wildman–Crippen LogP) is 18.3. The molecule has 4 heteroatoms. The lowest BCUT2D eigenvalue weighted by Gasteiger charge is -2.27. The smallest absolute Gasteiger partial charge is 0.149 e. The van der Waals surface area contributed by atoms with Gasteiger partial charge in [-0.1, -0.05) is 186 Å². The van der Waals surface area contributed by atoms with Crippen LogP contribution in [0.3, 0.4) is 0 Å². The lowest BCUT2D eigenvalue weighted by molar-refractivity contribution is 0.475. The van der Waals surface area contributed by atoms with Crippen molar-refractivity contribution in [3.8, 4) is 67.3 Å². The van der Waals surface area contributed by atoms with E-state index >= 15 is 0 Å². The van der Waals surface area contributed by atoms with Gasteiger partial charge in [0.1, 0.15) is 11.6 Å². The summed E-state index contributed by atoms with van der Waals surface area (Å²) in [5.74, 6) is 0.879. The molecule has 0 fully saturated rings. The number of aromatic hydroxyl groups is 1. The predicted molar refractivity (Wildman–Crippen MR) is 302 cm³/mol. The normalized spacial score (nSPS) is 12.6. The SMILES string of the molecule is Cc1cc(-c2cc(C(C)(C)C)c(-c3ccc(C(C)(C)C)cc3)c3cccnc23)cc(-c2cc(-c3cccc4ccccc34)cc3c2nc(-c2cc(C(C)(C)C)ccc2O)n3-c2ccc(C(C)(C)C)cc2)c1. The largest absolute Gasteiger partial charge is 0.507 e. The number of hydrogen-bond donors (Lipinski definition) is 1. The second-order valence-electron chi connectivity index (χ2n) is 23.9. The standard InChI is InChI=1S/C67H67N3O/c1-41-34-44(36-45(35-41)55-40-57(67(11,12)13)60(53-22-17-33-68-61(53)55)43-23-25-47(26-24-43)64(2,3)4)54-37-46(52-21-16-19-42-18-14-15-20-51(42)52)38-58-62(54)69-63(56-39-49(66(8,9)10)29-32-59(56)71)70(58)50-30-27-48(28-31-50)65(5,6)7/h14-40,71H,1-13H3. The van der Waals surface area contributed by atoms with Crippen LogP contribution in [0.2, 0.25) is 0 Å². The molecule has 0 radical (unpaired) electrons. The van der Waals surface area contributed by atoms with Gasteiger partial charge < -0.3 is 5.11 Å². The van der Waals surface area contributed by atoms with Crippen LogP contribution in [0.5, 0.6) is 5.75 Å². The number of rotatable bonds is 6. The molecule has 0 saturated heterocycles. The minimum absolute atomic E-state index is 0.0260. The molecule has 0 bridgehead atoms. The Hall–Kier alpha value is -7.30. The highest BCUT2D eigenvalue weighted by molar-refractivity contribution is 6.07. The van der Waals surface area contributed by atoms with Crippen molar-refractivity contribution < 1.29 is 5.11 Å². The van der Waals surface area contributed by atoms with Crippen molar-refractivity contribution >= 4 is 32.7 Å². The van der Waals surface area contributed by atoms with E-state index in [9.17, 15) is 5.11 Å². The maximum absolute atomic E-state index is 11.9. The van der Waals surface area contributed by atoms with E-state index in [1.165, 1.54) is 38.6 Å². The number of phenolic OH excluding ortho intramolecular Hbond substituents is 1. The minimum Gasteiger partial charge on any atom is -0.507 e. The second-order valence-corrected chi connectivity index (χ2v) is 23.9. The van der Waals surface area contributed by atoms with Gasteiger partial charge in [-0.15, -0.1) is 0 Å². The molecule has 10 rings (SSSR count). The third-order valence-corrected chi connectivity index (χ3v) is 14.4. The molecule has 0 aliphatic rings. The molecule has 0 aliphatic carbocycles. The molecule has 1 N–H and O–H groups in total. The molecule has 0 spiro atoms. The van der Waals surface area contributed by atoms with Crippen molar-refractivity contribution in [1.82, 2.24) is 14.5 Å². The summed E-state index contributed by atoms with van der Waals surface area (Å²) in [5, 5.41) is 15.4. The molecule has 4 nitrogen and oxygen atoms in total. The van der Waals surface area contributed by atoms with E-state index in [0.29, 0.717) is 11.4 Å². The Morgan fingerprint density at radius 3 is 1.66 bits per heavy atom. The van der Waals surface area contributed by atoms with E-state index in [2.05, 4.69) is 240 Å². The summed E-state index contributed by atoms with van der Waals surface area (Å²) in [6, 6.07) is 57.5. The number of nitrogens with zero attached hydrogens (tertiary/aromatic N) is 3. The molecule has 0 unspecified atom stereocenters. The Morgan fingerprint density at radius 1 is 0.437 bits per heavy atom. The number of phenols is 1. The molecular formula is C67H67N3O. The van der Waals surface area contributed by atoms with E-state index in [1.807, 2.05) is 18.3 Å². The summed E-state index contributed by atoms with van der Waals surface area (Å²) in [6.45, 7) is 29.3. The van der Waals surface area contributed by atoms with Crippen LogP contribution >= 0.6 is 0 Å². The molecule has 0 amide bonds. The first kappa shape index (κ1) is 47.4. The van der Waals surface area contributed by atoms with Crippen LogP contribution in [0.4, 0.5) is 0 Å². The van der Waals surface area contributed by atoms with Gasteiger partial charge in [-0.3, -0.25) is 9.55 Å². The molecule has 10 aromatic rings. The lowest BCUT2D eigenvalue weighted by Crippen LogP contribution is -2.14. The third kappa shape index (κ3) is 8.84. The molecule has 8 aromatic carbocycles. The lowest BCUT2D eigenvalue weighted by atomic mass is 9.77. The Labute approximate surface area is 421 Å². The van der Waals surface area contributed by atoms with Gasteiger partial charge >= 0.3 is 0 Å². The van der Waals surface area contributed by atoms with E-state index in [0.717, 1.165) is 72.1 Å². The molecule has 0 saturated carbocycles. The van der Waals surface area contributed by atoms with Crippen molar-refractivity contribution in [2.45, 2.75) is 112 Å². The average Bonchev–Trinajstić information content (AvgIpc) is 3.71. The first-order valence-electron chi connectivity index (χ1n) is 25.2. The van der Waals surface area contributed by atoms with Gasteiger partial charge in [-0.2, -0.15) is 0 Å². The molecule has 71 heavy (non-hydrogen) atoms. The van der Waals surface area contributed by atoms with E-state index in [4.69, 9.17) is 9.97 Å². The fraction of sp³-hybridized carbons (Fsp3) is 0.254.